The number of carbonyl (C=O) groups is 1. The normalized spacial score (nSPS) is 11.2. The SMILES string of the molecule is Cc1sc(NC(=O)CCc2nc3ccccc3[nH]2)nc1-c1ccc(OC(F)F)cc1. The van der Waals surface area contributed by atoms with E-state index in [1.165, 1.54) is 23.5 Å². The van der Waals surface area contributed by atoms with Crippen LogP contribution in [-0.4, -0.2) is 27.5 Å². The molecule has 1 amide bonds. The van der Waals surface area contributed by atoms with E-state index in [2.05, 4.69) is 25.0 Å². The van der Waals surface area contributed by atoms with Crippen LogP contribution in [0.5, 0.6) is 5.75 Å². The minimum atomic E-state index is -2.86. The number of fused-ring (bicyclic) bond motifs is 1. The minimum absolute atomic E-state index is 0.0840. The van der Waals surface area contributed by atoms with Crippen LogP contribution in [0.25, 0.3) is 22.3 Å². The molecule has 0 fully saturated rings. The Morgan fingerprint density at radius 1 is 1.17 bits per heavy atom. The van der Waals surface area contributed by atoms with Crippen molar-refractivity contribution in [3.8, 4) is 17.0 Å². The molecule has 30 heavy (non-hydrogen) atoms. The van der Waals surface area contributed by atoms with E-state index in [9.17, 15) is 13.6 Å². The van der Waals surface area contributed by atoms with Crippen molar-refractivity contribution in [1.29, 1.82) is 0 Å². The predicted octanol–water partition coefficient (Wildman–Crippen LogP) is 5.17. The third-order valence-electron chi connectivity index (χ3n) is 4.42. The number of imidazole rings is 1. The second-order valence-electron chi connectivity index (χ2n) is 6.58. The van der Waals surface area contributed by atoms with Gasteiger partial charge >= 0.3 is 6.61 Å². The Bertz CT molecular complexity index is 1140. The number of ether oxygens (including phenoxy) is 1. The molecule has 0 aliphatic heterocycles. The monoisotopic (exact) mass is 428 g/mol. The van der Waals surface area contributed by atoms with Crippen LogP contribution in [0.1, 0.15) is 17.1 Å². The van der Waals surface area contributed by atoms with Gasteiger partial charge in [-0.15, -0.1) is 11.3 Å². The van der Waals surface area contributed by atoms with Gasteiger partial charge in [0.2, 0.25) is 5.91 Å². The maximum atomic E-state index is 12.3. The molecule has 2 aromatic heterocycles. The molecule has 2 heterocycles. The van der Waals surface area contributed by atoms with Crippen LogP contribution in [0.4, 0.5) is 13.9 Å². The van der Waals surface area contributed by atoms with E-state index in [1.807, 2.05) is 31.2 Å². The predicted molar refractivity (Wildman–Crippen MR) is 112 cm³/mol. The van der Waals surface area contributed by atoms with Gasteiger partial charge in [-0.2, -0.15) is 8.78 Å². The Kier molecular flexibility index (Phi) is 5.71. The summed E-state index contributed by atoms with van der Waals surface area (Å²) in [5.74, 6) is 0.686. The number of benzene rings is 2. The third kappa shape index (κ3) is 4.62. The lowest BCUT2D eigenvalue weighted by Crippen LogP contribution is -2.12. The second kappa shape index (κ2) is 8.58. The molecule has 2 aromatic carbocycles. The average Bonchev–Trinajstić information content (AvgIpc) is 3.29. The number of nitrogens with zero attached hydrogens (tertiary/aromatic N) is 2. The van der Waals surface area contributed by atoms with E-state index < -0.39 is 6.61 Å². The molecule has 0 saturated heterocycles. The van der Waals surface area contributed by atoms with Gasteiger partial charge in [-0.25, -0.2) is 9.97 Å². The van der Waals surface area contributed by atoms with Gasteiger partial charge in [0.1, 0.15) is 11.6 Å². The van der Waals surface area contributed by atoms with Crippen molar-refractivity contribution >= 4 is 33.4 Å². The molecule has 0 aliphatic rings. The largest absolute Gasteiger partial charge is 0.435 e. The first kappa shape index (κ1) is 20.0. The maximum Gasteiger partial charge on any atom is 0.387 e. The summed E-state index contributed by atoms with van der Waals surface area (Å²) in [5.41, 5.74) is 3.26. The number of amides is 1. The Labute approximate surface area is 174 Å². The third-order valence-corrected chi connectivity index (χ3v) is 5.31. The van der Waals surface area contributed by atoms with E-state index in [0.717, 1.165) is 27.3 Å². The fourth-order valence-corrected chi connectivity index (χ4v) is 3.90. The molecule has 0 bridgehead atoms. The fraction of sp³-hybridized carbons (Fsp3) is 0.190. The molecule has 0 spiro atoms. The average molecular weight is 428 g/mol. The number of carbonyl (C=O) groups excluding carboxylic acids is 1. The molecule has 0 radical (unpaired) electrons. The van der Waals surface area contributed by atoms with Crippen LogP contribution in [0.15, 0.2) is 48.5 Å². The second-order valence-corrected chi connectivity index (χ2v) is 7.78. The summed E-state index contributed by atoms with van der Waals surface area (Å²) in [6.07, 6.45) is 0.761. The van der Waals surface area contributed by atoms with Gasteiger partial charge in [0.15, 0.2) is 5.13 Å². The lowest BCUT2D eigenvalue weighted by molar-refractivity contribution is -0.116. The van der Waals surface area contributed by atoms with Gasteiger partial charge in [-0.3, -0.25) is 4.79 Å². The summed E-state index contributed by atoms with van der Waals surface area (Å²) in [7, 11) is 0. The van der Waals surface area contributed by atoms with Gasteiger partial charge in [-0.1, -0.05) is 12.1 Å². The van der Waals surface area contributed by atoms with Gasteiger partial charge in [0.05, 0.1) is 16.7 Å². The van der Waals surface area contributed by atoms with Gasteiger partial charge in [0, 0.05) is 23.3 Å². The van der Waals surface area contributed by atoms with Crippen molar-refractivity contribution in [3.05, 3.63) is 59.2 Å². The van der Waals surface area contributed by atoms with Crippen molar-refractivity contribution in [2.24, 2.45) is 0 Å². The van der Waals surface area contributed by atoms with Crippen molar-refractivity contribution in [2.45, 2.75) is 26.4 Å². The van der Waals surface area contributed by atoms with E-state index >= 15 is 0 Å². The summed E-state index contributed by atoms with van der Waals surface area (Å²) in [5, 5.41) is 3.31. The smallest absolute Gasteiger partial charge is 0.387 e. The molecule has 4 aromatic rings. The highest BCUT2D eigenvalue weighted by molar-refractivity contribution is 7.16. The molecule has 0 atom stereocenters. The Morgan fingerprint density at radius 3 is 2.67 bits per heavy atom. The number of alkyl halides is 2. The molecule has 6 nitrogen and oxygen atoms in total. The molecule has 9 heteroatoms. The maximum absolute atomic E-state index is 12.3. The number of aromatic amines is 1. The van der Waals surface area contributed by atoms with E-state index in [0.29, 0.717) is 17.2 Å². The number of aryl methyl sites for hydroxylation is 2. The summed E-state index contributed by atoms with van der Waals surface area (Å²) in [6.45, 7) is -0.973. The number of thiazole rings is 1. The summed E-state index contributed by atoms with van der Waals surface area (Å²) < 4.78 is 28.9. The van der Waals surface area contributed by atoms with Crippen molar-refractivity contribution in [3.63, 3.8) is 0 Å². The Morgan fingerprint density at radius 2 is 1.93 bits per heavy atom. The summed E-state index contributed by atoms with van der Waals surface area (Å²) in [6, 6.07) is 14.0. The summed E-state index contributed by atoms with van der Waals surface area (Å²) in [4.78, 5) is 25.4. The molecular weight excluding hydrogens is 410 g/mol. The number of aromatic nitrogens is 3. The molecular formula is C21H18F2N4O2S. The standard InChI is InChI=1S/C21H18F2N4O2S/c1-12-19(13-6-8-14(9-7-13)29-20(22)23)27-21(30-12)26-18(28)11-10-17-24-15-4-2-3-5-16(15)25-17/h2-9,20H,10-11H2,1H3,(H,24,25)(H,26,27,28). The topological polar surface area (TPSA) is 79.9 Å². The first-order valence-electron chi connectivity index (χ1n) is 9.24. The van der Waals surface area contributed by atoms with Crippen LogP contribution in [0, 0.1) is 6.92 Å². The quantitative estimate of drug-likeness (QED) is 0.426. The van der Waals surface area contributed by atoms with Gasteiger partial charge in [0.25, 0.3) is 0 Å². The number of nitrogens with one attached hydrogen (secondary N) is 2. The van der Waals surface area contributed by atoms with Crippen LogP contribution < -0.4 is 10.1 Å². The van der Waals surface area contributed by atoms with Crippen LogP contribution >= 0.6 is 11.3 Å². The van der Waals surface area contributed by atoms with Crippen molar-refractivity contribution in [1.82, 2.24) is 15.0 Å². The highest BCUT2D eigenvalue weighted by Gasteiger charge is 2.13. The first-order chi connectivity index (χ1) is 14.5. The number of para-hydroxylation sites is 2. The molecule has 0 saturated carbocycles. The molecule has 0 aliphatic carbocycles. The molecule has 0 unspecified atom stereocenters. The van der Waals surface area contributed by atoms with E-state index in [4.69, 9.17) is 0 Å². The van der Waals surface area contributed by atoms with Crippen LogP contribution in [0.3, 0.4) is 0 Å². The zero-order valence-electron chi connectivity index (χ0n) is 16.0. The lowest BCUT2D eigenvalue weighted by atomic mass is 10.1. The van der Waals surface area contributed by atoms with Crippen LogP contribution in [-0.2, 0) is 11.2 Å². The van der Waals surface area contributed by atoms with Crippen molar-refractivity contribution < 1.29 is 18.3 Å². The highest BCUT2D eigenvalue weighted by atomic mass is 32.1. The number of H-pyrrole nitrogens is 1. The molecule has 4 rings (SSSR count). The number of halogens is 2. The van der Waals surface area contributed by atoms with E-state index in [-0.39, 0.29) is 18.1 Å². The van der Waals surface area contributed by atoms with Gasteiger partial charge in [-0.05, 0) is 43.3 Å². The molecule has 2 N–H and O–H groups in total. The highest BCUT2D eigenvalue weighted by Crippen LogP contribution is 2.31. The zero-order valence-corrected chi connectivity index (χ0v) is 16.8. The summed E-state index contributed by atoms with van der Waals surface area (Å²) >= 11 is 1.36. The van der Waals surface area contributed by atoms with Crippen molar-refractivity contribution in [2.75, 3.05) is 5.32 Å². The Hall–Kier alpha value is -3.33. The van der Waals surface area contributed by atoms with Crippen LogP contribution in [0.2, 0.25) is 0 Å². The molecule has 154 valence electrons. The zero-order chi connectivity index (χ0) is 21.1. The minimum Gasteiger partial charge on any atom is -0.435 e. The number of rotatable bonds is 7. The first-order valence-corrected chi connectivity index (χ1v) is 10.1. The lowest BCUT2D eigenvalue weighted by Gasteiger charge is -2.05. The van der Waals surface area contributed by atoms with Gasteiger partial charge < -0.3 is 15.0 Å². The number of hydrogen-bond acceptors (Lipinski definition) is 5. The number of hydrogen-bond donors (Lipinski definition) is 2. The number of anilines is 1. The fourth-order valence-electron chi connectivity index (χ4n) is 3.05. The Balaban J connectivity index is 1.38. The van der Waals surface area contributed by atoms with E-state index in [1.54, 1.807) is 12.1 Å².